The quantitative estimate of drug-likeness (QED) is 0.860. The van der Waals surface area contributed by atoms with Gasteiger partial charge in [-0.05, 0) is 32.3 Å². The van der Waals surface area contributed by atoms with Gasteiger partial charge < -0.3 is 14.6 Å². The molecule has 0 amide bonds. The molecule has 0 atom stereocenters. The molecule has 0 aliphatic carbocycles. The minimum absolute atomic E-state index is 0. The van der Waals surface area contributed by atoms with Crippen molar-refractivity contribution in [2.45, 2.75) is 32.7 Å². The third kappa shape index (κ3) is 4.59. The molecule has 2 rings (SSSR count). The van der Waals surface area contributed by atoms with Crippen molar-refractivity contribution in [3.05, 3.63) is 23.9 Å². The van der Waals surface area contributed by atoms with Gasteiger partial charge in [-0.1, -0.05) is 0 Å². The van der Waals surface area contributed by atoms with Gasteiger partial charge in [0.1, 0.15) is 12.4 Å². The van der Waals surface area contributed by atoms with E-state index in [-0.39, 0.29) is 24.9 Å². The first-order valence-corrected chi connectivity index (χ1v) is 6.41. The Kier molecular flexibility index (Phi) is 6.42. The zero-order valence-electron chi connectivity index (χ0n) is 11.1. The van der Waals surface area contributed by atoms with Crippen molar-refractivity contribution in [1.29, 1.82) is 0 Å². The number of hydrogen-bond acceptors (Lipinski definition) is 4. The van der Waals surface area contributed by atoms with E-state index in [1.165, 1.54) is 18.5 Å². The van der Waals surface area contributed by atoms with Gasteiger partial charge in [-0.25, -0.2) is 4.98 Å². The third-order valence-electron chi connectivity index (χ3n) is 2.88. The number of carbonyl (C=O) groups excluding carboxylic acids is 1. The molecule has 1 aromatic rings. The van der Waals surface area contributed by atoms with E-state index in [9.17, 15) is 4.79 Å². The molecule has 1 aromatic heterocycles. The van der Waals surface area contributed by atoms with Crippen LogP contribution >= 0.6 is 12.4 Å². The van der Waals surface area contributed by atoms with Crippen LogP contribution in [-0.2, 0) is 16.1 Å². The van der Waals surface area contributed by atoms with E-state index in [4.69, 9.17) is 4.74 Å². The molecule has 6 heteroatoms. The number of allylic oxidation sites excluding steroid dienone is 1. The molecule has 1 aliphatic rings. The summed E-state index contributed by atoms with van der Waals surface area (Å²) in [6.07, 6.45) is 8.98. The predicted molar refractivity (Wildman–Crippen MR) is 75.9 cm³/mol. The maximum atomic E-state index is 11.4. The first kappa shape index (κ1) is 15.6. The Morgan fingerprint density at radius 1 is 1.58 bits per heavy atom. The summed E-state index contributed by atoms with van der Waals surface area (Å²) in [6.45, 7) is 3.45. The largest absolute Gasteiger partial charge is 0.465 e. The van der Waals surface area contributed by atoms with Crippen LogP contribution in [0, 0.1) is 0 Å². The number of ether oxygens (including phenoxy) is 1. The highest BCUT2D eigenvalue weighted by Crippen LogP contribution is 2.13. The van der Waals surface area contributed by atoms with E-state index in [1.54, 1.807) is 23.9 Å². The van der Waals surface area contributed by atoms with Crippen LogP contribution in [0.2, 0.25) is 0 Å². The summed E-state index contributed by atoms with van der Waals surface area (Å²) in [5, 5.41) is 3.35. The molecular formula is C13H20ClN3O2. The van der Waals surface area contributed by atoms with Crippen molar-refractivity contribution < 1.29 is 9.53 Å². The van der Waals surface area contributed by atoms with Gasteiger partial charge in [0.05, 0.1) is 6.61 Å². The van der Waals surface area contributed by atoms with Gasteiger partial charge >= 0.3 is 5.97 Å². The highest BCUT2D eigenvalue weighted by Gasteiger charge is 2.09. The molecule has 1 aliphatic heterocycles. The number of nitrogens with one attached hydrogen (secondary N) is 1. The Morgan fingerprint density at radius 2 is 2.42 bits per heavy atom. The van der Waals surface area contributed by atoms with Crippen LogP contribution in [0.5, 0.6) is 0 Å². The molecule has 1 fully saturated rings. The second-order valence-corrected chi connectivity index (χ2v) is 4.27. The van der Waals surface area contributed by atoms with E-state index in [2.05, 4.69) is 10.3 Å². The van der Waals surface area contributed by atoms with Crippen LogP contribution in [0.1, 0.15) is 32.0 Å². The fourth-order valence-electron chi connectivity index (χ4n) is 2.00. The Hall–Kier alpha value is -1.49. The van der Waals surface area contributed by atoms with E-state index < -0.39 is 0 Å². The van der Waals surface area contributed by atoms with Gasteiger partial charge in [-0.2, -0.15) is 0 Å². The van der Waals surface area contributed by atoms with Gasteiger partial charge in [0.2, 0.25) is 0 Å². The molecule has 0 bridgehead atoms. The second kappa shape index (κ2) is 7.84. The number of piperidine rings is 1. The number of halogens is 1. The summed E-state index contributed by atoms with van der Waals surface area (Å²) in [5.41, 5.74) is 1.19. The van der Waals surface area contributed by atoms with E-state index in [0.717, 1.165) is 18.8 Å². The van der Waals surface area contributed by atoms with Crippen molar-refractivity contribution in [2.75, 3.05) is 13.2 Å². The number of carbonyl (C=O) groups is 1. The van der Waals surface area contributed by atoms with E-state index in [0.29, 0.717) is 6.61 Å². The summed E-state index contributed by atoms with van der Waals surface area (Å²) >= 11 is 0. The number of esters is 1. The van der Waals surface area contributed by atoms with Crippen molar-refractivity contribution >= 4 is 24.5 Å². The van der Waals surface area contributed by atoms with Crippen LogP contribution in [0.4, 0.5) is 0 Å². The van der Waals surface area contributed by atoms with Gasteiger partial charge in [-0.3, -0.25) is 4.79 Å². The molecule has 0 saturated carbocycles. The molecule has 0 aromatic carbocycles. The van der Waals surface area contributed by atoms with Crippen molar-refractivity contribution in [2.24, 2.45) is 0 Å². The molecule has 106 valence electrons. The lowest BCUT2D eigenvalue weighted by Gasteiger charge is -2.16. The van der Waals surface area contributed by atoms with Crippen LogP contribution < -0.4 is 5.32 Å². The summed E-state index contributed by atoms with van der Waals surface area (Å²) < 4.78 is 6.74. The molecular weight excluding hydrogens is 266 g/mol. The van der Waals surface area contributed by atoms with Crippen LogP contribution in [-0.4, -0.2) is 28.7 Å². The maximum Gasteiger partial charge on any atom is 0.325 e. The number of imidazole rings is 1. The number of nitrogens with zero attached hydrogens (tertiary/aromatic N) is 2. The second-order valence-electron chi connectivity index (χ2n) is 4.27. The normalized spacial score (nSPS) is 16.6. The van der Waals surface area contributed by atoms with Gasteiger partial charge in [0.25, 0.3) is 0 Å². The highest BCUT2D eigenvalue weighted by atomic mass is 35.5. The van der Waals surface area contributed by atoms with Crippen LogP contribution in [0.25, 0.3) is 6.08 Å². The summed E-state index contributed by atoms with van der Waals surface area (Å²) in [6, 6.07) is 0. The molecule has 19 heavy (non-hydrogen) atoms. The molecule has 0 unspecified atom stereocenters. The minimum Gasteiger partial charge on any atom is -0.465 e. The monoisotopic (exact) mass is 285 g/mol. The van der Waals surface area contributed by atoms with Crippen molar-refractivity contribution in [3.8, 4) is 0 Å². The Bertz CT molecular complexity index is 435. The number of rotatable bonds is 4. The van der Waals surface area contributed by atoms with Gasteiger partial charge in [0, 0.05) is 24.6 Å². The van der Waals surface area contributed by atoms with Gasteiger partial charge in [-0.15, -0.1) is 12.4 Å². The molecule has 0 spiro atoms. The van der Waals surface area contributed by atoms with E-state index >= 15 is 0 Å². The Labute approximate surface area is 119 Å². The lowest BCUT2D eigenvalue weighted by molar-refractivity contribution is -0.143. The zero-order chi connectivity index (χ0) is 12.8. The zero-order valence-corrected chi connectivity index (χ0v) is 11.9. The van der Waals surface area contributed by atoms with Gasteiger partial charge in [0.15, 0.2) is 0 Å². The average molecular weight is 286 g/mol. The standard InChI is InChI=1S/C13H19N3O2.ClH/c1-2-18-13(17)10-16-8-7-15-12(16)9-11-5-3-4-6-14-11;/h7-9,14H,2-6,10H2,1H3;1H. The highest BCUT2D eigenvalue weighted by molar-refractivity contribution is 5.85. The summed E-state index contributed by atoms with van der Waals surface area (Å²) in [4.78, 5) is 15.7. The topological polar surface area (TPSA) is 56.2 Å². The summed E-state index contributed by atoms with van der Waals surface area (Å²) in [7, 11) is 0. The van der Waals surface area contributed by atoms with E-state index in [1.807, 2.05) is 6.08 Å². The lowest BCUT2D eigenvalue weighted by Crippen LogP contribution is -2.20. The third-order valence-corrected chi connectivity index (χ3v) is 2.88. The maximum absolute atomic E-state index is 11.4. The van der Waals surface area contributed by atoms with Crippen molar-refractivity contribution in [1.82, 2.24) is 14.9 Å². The fraction of sp³-hybridized carbons (Fsp3) is 0.538. The van der Waals surface area contributed by atoms with Crippen LogP contribution in [0.3, 0.4) is 0 Å². The molecule has 0 radical (unpaired) electrons. The van der Waals surface area contributed by atoms with Crippen LogP contribution in [0.15, 0.2) is 18.1 Å². The minimum atomic E-state index is -0.230. The number of aromatic nitrogens is 2. The first-order valence-electron chi connectivity index (χ1n) is 6.41. The number of hydrogen-bond donors (Lipinski definition) is 1. The summed E-state index contributed by atoms with van der Waals surface area (Å²) in [5.74, 6) is 0.569. The fourth-order valence-corrected chi connectivity index (χ4v) is 2.00. The van der Waals surface area contributed by atoms with Crippen molar-refractivity contribution in [3.63, 3.8) is 0 Å². The predicted octanol–water partition coefficient (Wildman–Crippen LogP) is 1.98. The average Bonchev–Trinajstić information content (AvgIpc) is 2.78. The molecule has 2 heterocycles. The first-order chi connectivity index (χ1) is 8.79. The molecule has 1 N–H and O–H groups in total. The Morgan fingerprint density at radius 3 is 3.11 bits per heavy atom. The smallest absolute Gasteiger partial charge is 0.325 e. The Balaban J connectivity index is 0.00000180. The molecule has 1 saturated heterocycles. The molecule has 5 nitrogen and oxygen atoms in total. The SMILES string of the molecule is CCOC(=O)Cn1ccnc1C=C1CCCCN1.Cl. The lowest BCUT2D eigenvalue weighted by atomic mass is 10.1.